The summed E-state index contributed by atoms with van der Waals surface area (Å²) in [5.41, 5.74) is 1.20. The van der Waals surface area contributed by atoms with Gasteiger partial charge in [-0.3, -0.25) is 4.79 Å². The fraction of sp³-hybridized carbons (Fsp3) is 0.316. The third kappa shape index (κ3) is 3.37. The number of likely N-dealkylation sites (tertiary alicyclic amines) is 1. The van der Waals surface area contributed by atoms with Gasteiger partial charge in [-0.05, 0) is 37.0 Å². The summed E-state index contributed by atoms with van der Waals surface area (Å²) >= 11 is 0. The predicted octanol–water partition coefficient (Wildman–Crippen LogP) is 3.12. The van der Waals surface area contributed by atoms with Gasteiger partial charge >= 0.3 is 0 Å². The smallest absolute Gasteiger partial charge is 0.257 e. The summed E-state index contributed by atoms with van der Waals surface area (Å²) in [4.78, 5) is 14.5. The van der Waals surface area contributed by atoms with Crippen molar-refractivity contribution in [3.63, 3.8) is 0 Å². The van der Waals surface area contributed by atoms with Crippen molar-refractivity contribution in [2.24, 2.45) is 0 Å². The first-order valence-corrected chi connectivity index (χ1v) is 7.99. The summed E-state index contributed by atoms with van der Waals surface area (Å²) in [6, 6.07) is 16.1. The van der Waals surface area contributed by atoms with E-state index in [-0.39, 0.29) is 17.7 Å². The SMILES string of the molecule is O=C(c1ccccc1O)N1CCCC1CC(O)c1ccccc1. The van der Waals surface area contributed by atoms with Gasteiger partial charge < -0.3 is 15.1 Å². The van der Waals surface area contributed by atoms with Crippen molar-refractivity contribution < 1.29 is 15.0 Å². The average Bonchev–Trinajstić information content (AvgIpc) is 3.03. The number of nitrogens with zero attached hydrogens (tertiary/aromatic N) is 1. The maximum Gasteiger partial charge on any atom is 0.257 e. The fourth-order valence-electron chi connectivity index (χ4n) is 3.23. The predicted molar refractivity (Wildman–Crippen MR) is 88.2 cm³/mol. The van der Waals surface area contributed by atoms with E-state index in [0.29, 0.717) is 18.5 Å². The first kappa shape index (κ1) is 15.6. The Morgan fingerprint density at radius 1 is 1.13 bits per heavy atom. The van der Waals surface area contributed by atoms with Gasteiger partial charge in [0.05, 0.1) is 11.7 Å². The Hall–Kier alpha value is -2.33. The Morgan fingerprint density at radius 3 is 2.57 bits per heavy atom. The number of hydrogen-bond donors (Lipinski definition) is 2. The summed E-state index contributed by atoms with van der Waals surface area (Å²) in [5.74, 6) is -0.155. The van der Waals surface area contributed by atoms with E-state index in [2.05, 4.69) is 0 Å². The summed E-state index contributed by atoms with van der Waals surface area (Å²) < 4.78 is 0. The van der Waals surface area contributed by atoms with Crippen molar-refractivity contribution >= 4 is 5.91 Å². The Bertz CT molecular complexity index is 671. The van der Waals surface area contributed by atoms with Gasteiger partial charge in [0.2, 0.25) is 0 Å². The van der Waals surface area contributed by atoms with Gasteiger partial charge in [-0.1, -0.05) is 42.5 Å². The number of carbonyl (C=O) groups excluding carboxylic acids is 1. The molecule has 2 N–H and O–H groups in total. The van der Waals surface area contributed by atoms with Crippen molar-refractivity contribution in [1.29, 1.82) is 0 Å². The molecule has 0 radical (unpaired) electrons. The van der Waals surface area contributed by atoms with Gasteiger partial charge in [0.1, 0.15) is 5.75 Å². The van der Waals surface area contributed by atoms with E-state index >= 15 is 0 Å². The second-order valence-electron chi connectivity index (χ2n) is 5.97. The highest BCUT2D eigenvalue weighted by Crippen LogP contribution is 2.30. The van der Waals surface area contributed by atoms with E-state index in [1.807, 2.05) is 30.3 Å². The fourth-order valence-corrected chi connectivity index (χ4v) is 3.23. The molecular formula is C19H21NO3. The van der Waals surface area contributed by atoms with Crippen molar-refractivity contribution in [3.8, 4) is 5.75 Å². The highest BCUT2D eigenvalue weighted by molar-refractivity contribution is 5.97. The molecule has 0 spiro atoms. The lowest BCUT2D eigenvalue weighted by molar-refractivity contribution is 0.0664. The standard InChI is InChI=1S/C19H21NO3/c21-17-11-5-4-10-16(17)19(23)20-12-6-9-15(20)13-18(22)14-7-2-1-3-8-14/h1-5,7-8,10-11,15,18,21-22H,6,9,12-13H2. The van der Waals surface area contributed by atoms with Gasteiger partial charge in [0.15, 0.2) is 0 Å². The molecule has 4 nitrogen and oxygen atoms in total. The Kier molecular flexibility index (Phi) is 4.63. The molecular weight excluding hydrogens is 290 g/mol. The third-order valence-corrected chi connectivity index (χ3v) is 4.45. The number of amides is 1. The molecule has 1 aliphatic rings. The van der Waals surface area contributed by atoms with E-state index in [0.717, 1.165) is 18.4 Å². The normalized spacial score (nSPS) is 18.8. The molecule has 2 aromatic rings. The van der Waals surface area contributed by atoms with Crippen LogP contribution in [-0.4, -0.2) is 33.6 Å². The molecule has 2 unspecified atom stereocenters. The zero-order valence-corrected chi connectivity index (χ0v) is 12.9. The Morgan fingerprint density at radius 2 is 1.83 bits per heavy atom. The molecule has 1 aliphatic heterocycles. The van der Waals surface area contributed by atoms with Crippen LogP contribution in [0.2, 0.25) is 0 Å². The van der Waals surface area contributed by atoms with E-state index in [9.17, 15) is 15.0 Å². The number of benzene rings is 2. The second kappa shape index (κ2) is 6.84. The quantitative estimate of drug-likeness (QED) is 0.912. The molecule has 0 saturated carbocycles. The molecule has 1 fully saturated rings. The third-order valence-electron chi connectivity index (χ3n) is 4.45. The van der Waals surface area contributed by atoms with Crippen LogP contribution in [0.5, 0.6) is 5.75 Å². The number of carbonyl (C=O) groups is 1. The van der Waals surface area contributed by atoms with Crippen molar-refractivity contribution in [3.05, 3.63) is 65.7 Å². The van der Waals surface area contributed by atoms with Crippen molar-refractivity contribution in [2.75, 3.05) is 6.54 Å². The molecule has 0 aromatic heterocycles. The molecule has 23 heavy (non-hydrogen) atoms. The van der Waals surface area contributed by atoms with E-state index in [1.54, 1.807) is 23.1 Å². The van der Waals surface area contributed by atoms with Gasteiger partial charge in [-0.2, -0.15) is 0 Å². The van der Waals surface area contributed by atoms with Crippen LogP contribution in [-0.2, 0) is 0 Å². The molecule has 0 aliphatic carbocycles. The van der Waals surface area contributed by atoms with Gasteiger partial charge in [0.25, 0.3) is 5.91 Å². The summed E-state index contributed by atoms with van der Waals surface area (Å²) in [6.45, 7) is 0.666. The first-order chi connectivity index (χ1) is 11.2. The number of rotatable bonds is 4. The molecule has 1 heterocycles. The van der Waals surface area contributed by atoms with Crippen LogP contribution in [0, 0.1) is 0 Å². The number of hydrogen-bond acceptors (Lipinski definition) is 3. The largest absolute Gasteiger partial charge is 0.507 e. The monoisotopic (exact) mass is 311 g/mol. The van der Waals surface area contributed by atoms with E-state index in [1.165, 1.54) is 6.07 Å². The van der Waals surface area contributed by atoms with Crippen LogP contribution in [0.25, 0.3) is 0 Å². The lowest BCUT2D eigenvalue weighted by atomic mass is 10.00. The van der Waals surface area contributed by atoms with E-state index in [4.69, 9.17) is 0 Å². The van der Waals surface area contributed by atoms with Gasteiger partial charge in [-0.25, -0.2) is 0 Å². The van der Waals surface area contributed by atoms with Crippen LogP contribution in [0.4, 0.5) is 0 Å². The molecule has 0 bridgehead atoms. The van der Waals surface area contributed by atoms with Crippen LogP contribution in [0.15, 0.2) is 54.6 Å². The van der Waals surface area contributed by atoms with Crippen molar-refractivity contribution in [2.45, 2.75) is 31.4 Å². The topological polar surface area (TPSA) is 60.8 Å². The molecule has 1 saturated heterocycles. The molecule has 3 rings (SSSR count). The lowest BCUT2D eigenvalue weighted by Gasteiger charge is -2.27. The van der Waals surface area contributed by atoms with Gasteiger partial charge in [-0.15, -0.1) is 0 Å². The minimum atomic E-state index is -0.584. The van der Waals surface area contributed by atoms with Gasteiger partial charge in [0, 0.05) is 12.6 Å². The van der Waals surface area contributed by atoms with Crippen LogP contribution >= 0.6 is 0 Å². The summed E-state index contributed by atoms with van der Waals surface area (Å²) in [6.07, 6.45) is 1.73. The van der Waals surface area contributed by atoms with Crippen LogP contribution in [0.3, 0.4) is 0 Å². The first-order valence-electron chi connectivity index (χ1n) is 7.99. The lowest BCUT2D eigenvalue weighted by Crippen LogP contribution is -2.36. The van der Waals surface area contributed by atoms with Crippen molar-refractivity contribution in [1.82, 2.24) is 4.90 Å². The minimum absolute atomic E-state index is 0.00249. The zero-order valence-electron chi connectivity index (χ0n) is 12.9. The Labute approximate surface area is 136 Å². The molecule has 4 heteroatoms. The number of aliphatic hydroxyl groups is 1. The zero-order chi connectivity index (χ0) is 16.2. The number of aromatic hydroxyl groups is 1. The highest BCUT2D eigenvalue weighted by Gasteiger charge is 2.32. The summed E-state index contributed by atoms with van der Waals surface area (Å²) in [5, 5.41) is 20.3. The molecule has 1 amide bonds. The Balaban J connectivity index is 1.73. The van der Waals surface area contributed by atoms with Crippen LogP contribution in [0.1, 0.15) is 41.3 Å². The van der Waals surface area contributed by atoms with Crippen LogP contribution < -0.4 is 0 Å². The summed E-state index contributed by atoms with van der Waals surface area (Å²) in [7, 11) is 0. The minimum Gasteiger partial charge on any atom is -0.507 e. The molecule has 2 atom stereocenters. The molecule has 2 aromatic carbocycles. The maximum absolute atomic E-state index is 12.7. The number of phenolic OH excluding ortho intramolecular Hbond substituents is 1. The molecule has 120 valence electrons. The number of para-hydroxylation sites is 1. The number of aliphatic hydroxyl groups excluding tert-OH is 1. The number of phenols is 1. The van der Waals surface area contributed by atoms with E-state index < -0.39 is 6.10 Å². The maximum atomic E-state index is 12.7. The average molecular weight is 311 g/mol. The second-order valence-corrected chi connectivity index (χ2v) is 5.97. The highest BCUT2D eigenvalue weighted by atomic mass is 16.3.